The van der Waals surface area contributed by atoms with E-state index in [4.69, 9.17) is 0 Å². The van der Waals surface area contributed by atoms with Crippen LogP contribution in [-0.2, 0) is 0 Å². The number of likely N-dealkylation sites (tertiary alicyclic amines) is 2. The van der Waals surface area contributed by atoms with Crippen molar-refractivity contribution in [2.24, 2.45) is 5.41 Å². The zero-order valence-electron chi connectivity index (χ0n) is 14.8. The van der Waals surface area contributed by atoms with E-state index in [1.165, 1.54) is 0 Å². The highest BCUT2D eigenvalue weighted by Crippen LogP contribution is 2.35. The fraction of sp³-hybridized carbons (Fsp3) is 0.684. The van der Waals surface area contributed by atoms with Crippen molar-refractivity contribution >= 4 is 0 Å². The fourth-order valence-electron chi connectivity index (χ4n) is 3.86. The first kappa shape index (κ1) is 19.2. The first-order valence-electron chi connectivity index (χ1n) is 8.83. The van der Waals surface area contributed by atoms with Gasteiger partial charge in [-0.1, -0.05) is 26.2 Å². The number of piperidine rings is 2. The van der Waals surface area contributed by atoms with Gasteiger partial charge in [0, 0.05) is 37.9 Å². The summed E-state index contributed by atoms with van der Waals surface area (Å²) in [7, 11) is 0. The minimum Gasteiger partial charge on any atom is -0.395 e. The maximum absolute atomic E-state index is 9.97. The molecule has 136 valence electrons. The van der Waals surface area contributed by atoms with Crippen molar-refractivity contribution in [3.63, 3.8) is 0 Å². The summed E-state index contributed by atoms with van der Waals surface area (Å²) >= 11 is 0. The van der Waals surface area contributed by atoms with Gasteiger partial charge >= 0.3 is 0 Å². The van der Waals surface area contributed by atoms with E-state index in [0.29, 0.717) is 13.0 Å². The summed E-state index contributed by atoms with van der Waals surface area (Å²) in [5, 5.41) is 29.4. The average Bonchev–Trinajstić information content (AvgIpc) is 2.56. The van der Waals surface area contributed by atoms with Crippen LogP contribution in [0.15, 0.2) is 37.1 Å². The molecule has 0 bridgehead atoms. The molecule has 2 heterocycles. The Bertz CT molecular complexity index is 469. The van der Waals surface area contributed by atoms with Gasteiger partial charge in [0.2, 0.25) is 0 Å². The Labute approximate surface area is 145 Å². The van der Waals surface area contributed by atoms with Crippen LogP contribution in [0, 0.1) is 5.41 Å². The van der Waals surface area contributed by atoms with Crippen molar-refractivity contribution in [1.29, 1.82) is 0 Å². The summed E-state index contributed by atoms with van der Waals surface area (Å²) in [5.41, 5.74) is 1.25. The smallest absolute Gasteiger partial charge is 0.0926 e. The zero-order chi connectivity index (χ0) is 17.7. The molecule has 24 heavy (non-hydrogen) atoms. The molecular formula is C19H32N2O3. The molecule has 1 unspecified atom stereocenters. The minimum absolute atomic E-state index is 0.0225. The number of nitrogens with zero attached hydrogens (tertiary/aromatic N) is 2. The number of hydrogen-bond donors (Lipinski definition) is 3. The van der Waals surface area contributed by atoms with Crippen LogP contribution >= 0.6 is 0 Å². The highest BCUT2D eigenvalue weighted by Gasteiger charge is 2.38. The Balaban J connectivity index is 1.96. The molecule has 2 aliphatic heterocycles. The molecule has 0 saturated carbocycles. The zero-order valence-corrected chi connectivity index (χ0v) is 14.8. The lowest BCUT2D eigenvalue weighted by Crippen LogP contribution is -2.57. The fourth-order valence-corrected chi connectivity index (χ4v) is 3.86. The Kier molecular flexibility index (Phi) is 6.63. The van der Waals surface area contributed by atoms with Crippen LogP contribution in [0.3, 0.4) is 0 Å². The quantitative estimate of drug-likeness (QED) is 0.635. The van der Waals surface area contributed by atoms with Gasteiger partial charge in [-0.2, -0.15) is 0 Å². The van der Waals surface area contributed by atoms with Gasteiger partial charge in [0.1, 0.15) is 0 Å². The van der Waals surface area contributed by atoms with Crippen molar-refractivity contribution < 1.29 is 15.3 Å². The average molecular weight is 336 g/mol. The van der Waals surface area contributed by atoms with Gasteiger partial charge in [-0.05, 0) is 36.8 Å². The minimum atomic E-state index is -0.729. The maximum atomic E-state index is 9.97. The molecule has 0 spiro atoms. The number of allylic oxidation sites excluding steroid dienone is 3. The lowest BCUT2D eigenvalue weighted by molar-refractivity contribution is -0.0836. The van der Waals surface area contributed by atoms with Gasteiger partial charge in [-0.3, -0.25) is 4.90 Å². The van der Waals surface area contributed by atoms with E-state index >= 15 is 0 Å². The molecule has 2 fully saturated rings. The summed E-state index contributed by atoms with van der Waals surface area (Å²) in [6.45, 7) is 13.1. The Morgan fingerprint density at radius 1 is 1.21 bits per heavy atom. The maximum Gasteiger partial charge on any atom is 0.0926 e. The molecule has 3 N–H and O–H groups in total. The molecule has 5 nitrogen and oxygen atoms in total. The van der Waals surface area contributed by atoms with Gasteiger partial charge in [0.05, 0.1) is 18.8 Å². The summed E-state index contributed by atoms with van der Waals surface area (Å²) < 4.78 is 0. The molecule has 2 aliphatic rings. The Morgan fingerprint density at radius 2 is 1.88 bits per heavy atom. The largest absolute Gasteiger partial charge is 0.395 e. The molecule has 0 aromatic carbocycles. The Hall–Kier alpha value is -1.14. The summed E-state index contributed by atoms with van der Waals surface area (Å²) in [4.78, 5) is 4.48. The molecule has 3 atom stereocenters. The number of hydrogen-bond acceptors (Lipinski definition) is 5. The summed E-state index contributed by atoms with van der Waals surface area (Å²) in [5.74, 6) is 0. The van der Waals surface area contributed by atoms with Gasteiger partial charge < -0.3 is 20.2 Å². The molecular weight excluding hydrogens is 304 g/mol. The van der Waals surface area contributed by atoms with Crippen LogP contribution in [-0.4, -0.2) is 76.2 Å². The first-order valence-corrected chi connectivity index (χ1v) is 8.83. The molecule has 0 aromatic heterocycles. The van der Waals surface area contributed by atoms with Gasteiger partial charge in [0.15, 0.2) is 0 Å². The van der Waals surface area contributed by atoms with E-state index in [-0.39, 0.29) is 18.1 Å². The van der Waals surface area contributed by atoms with Crippen molar-refractivity contribution in [3.05, 3.63) is 37.1 Å². The number of β-amino-alcohol motifs (C(OH)–C–C–N with tert-alkyl or cyclic N) is 1. The van der Waals surface area contributed by atoms with Crippen LogP contribution in [0.5, 0.6) is 0 Å². The van der Waals surface area contributed by atoms with Crippen molar-refractivity contribution in [2.75, 3.05) is 32.8 Å². The van der Waals surface area contributed by atoms with E-state index < -0.39 is 12.2 Å². The molecule has 5 heteroatoms. The van der Waals surface area contributed by atoms with E-state index in [1.807, 2.05) is 12.2 Å². The van der Waals surface area contributed by atoms with E-state index in [1.54, 1.807) is 6.08 Å². The molecule has 0 radical (unpaired) electrons. The van der Waals surface area contributed by atoms with Gasteiger partial charge in [-0.15, -0.1) is 0 Å². The molecule has 0 amide bonds. The van der Waals surface area contributed by atoms with E-state index in [2.05, 4.69) is 29.9 Å². The van der Waals surface area contributed by atoms with Gasteiger partial charge in [0.25, 0.3) is 0 Å². The lowest BCUT2D eigenvalue weighted by atomic mass is 9.78. The second-order valence-electron chi connectivity index (χ2n) is 7.47. The highest BCUT2D eigenvalue weighted by atomic mass is 16.3. The third-order valence-electron chi connectivity index (χ3n) is 5.52. The first-order chi connectivity index (χ1) is 11.4. The third kappa shape index (κ3) is 4.48. The normalized spacial score (nSPS) is 31.8. The van der Waals surface area contributed by atoms with Crippen molar-refractivity contribution in [3.8, 4) is 0 Å². The van der Waals surface area contributed by atoms with Crippen LogP contribution in [0.25, 0.3) is 0 Å². The van der Waals surface area contributed by atoms with E-state index in [0.717, 1.165) is 38.2 Å². The number of aliphatic hydroxyl groups excluding tert-OH is 3. The predicted molar refractivity (Wildman–Crippen MR) is 96.5 cm³/mol. The third-order valence-corrected chi connectivity index (χ3v) is 5.52. The van der Waals surface area contributed by atoms with E-state index in [9.17, 15) is 15.3 Å². The number of aliphatic hydroxyl groups is 3. The second kappa shape index (κ2) is 8.30. The molecule has 0 aliphatic carbocycles. The topological polar surface area (TPSA) is 67.2 Å². The van der Waals surface area contributed by atoms with Crippen molar-refractivity contribution in [2.45, 2.75) is 44.4 Å². The standard InChI is InChI=1S/C19H32N2O3/c1-4-6-15(5-2)20-9-7-19(3,8-10-20)14-21-12-18(24)17(23)11-16(21)13-22/h4-6,16-18,22-24H,1-2,7-14H2,3H3/b15-6+/t16-,17?,18+/m1/s1. The van der Waals surface area contributed by atoms with Crippen LogP contribution in [0.4, 0.5) is 0 Å². The second-order valence-corrected chi connectivity index (χ2v) is 7.47. The predicted octanol–water partition coefficient (Wildman–Crippen LogP) is 1.13. The molecule has 2 saturated heterocycles. The Morgan fingerprint density at radius 3 is 2.42 bits per heavy atom. The lowest BCUT2D eigenvalue weighted by Gasteiger charge is -2.47. The van der Waals surface area contributed by atoms with Gasteiger partial charge in [-0.25, -0.2) is 0 Å². The summed E-state index contributed by atoms with van der Waals surface area (Å²) in [6, 6.07) is -0.0670. The summed E-state index contributed by atoms with van der Waals surface area (Å²) in [6.07, 6.45) is 6.71. The van der Waals surface area contributed by atoms with Crippen molar-refractivity contribution in [1.82, 2.24) is 9.80 Å². The monoisotopic (exact) mass is 336 g/mol. The van der Waals surface area contributed by atoms with Crippen LogP contribution in [0.1, 0.15) is 26.2 Å². The highest BCUT2D eigenvalue weighted by molar-refractivity contribution is 5.20. The van der Waals surface area contributed by atoms with Crippen LogP contribution in [0.2, 0.25) is 0 Å². The molecule has 2 rings (SSSR count). The SMILES string of the molecule is C=C/C=C(\C=C)N1CCC(C)(CN2C[C@H](O)C(O)C[C@@H]2CO)CC1. The molecule has 0 aromatic rings. The number of rotatable bonds is 6. The van der Waals surface area contributed by atoms with Crippen LogP contribution < -0.4 is 0 Å².